The fraction of sp³-hybridized carbons (Fsp3) is 0.500. The zero-order valence-electron chi connectivity index (χ0n) is 19.5. The molecule has 2 aromatic rings. The van der Waals surface area contributed by atoms with Gasteiger partial charge in [-0.25, -0.2) is 13.6 Å². The Morgan fingerprint density at radius 3 is 2.18 bits per heavy atom. The molecule has 0 aliphatic rings. The van der Waals surface area contributed by atoms with Crippen LogP contribution >= 0.6 is 0 Å². The molecule has 2 rings (SSSR count). The van der Waals surface area contributed by atoms with Gasteiger partial charge in [-0.15, -0.1) is 0 Å². The lowest BCUT2D eigenvalue weighted by molar-refractivity contribution is -0.180. The third kappa shape index (κ3) is 7.99. The molecule has 0 aromatic heterocycles. The van der Waals surface area contributed by atoms with E-state index in [-0.39, 0.29) is 12.0 Å². The Bertz CT molecular complexity index is 910. The standard InChI is InChI=1S/C26H31F5O3/c1-3-5-6-7-8-19(26(29,30)31)15-17-34-25(32)22-14-13-21(23(27)24(22)28)18-9-11-20(12-10-18)33-16-4-2/h9-14,19H,3-8,15-17H2,1-2H3. The van der Waals surface area contributed by atoms with Crippen LogP contribution in [0.3, 0.4) is 0 Å². The number of unbranched alkanes of at least 4 members (excludes halogenated alkanes) is 3. The molecule has 0 radical (unpaired) electrons. The SMILES string of the molecule is CCCCCCC(CCOC(=O)c1ccc(-c2ccc(OCCC)cc2)c(F)c1F)C(F)(F)F. The van der Waals surface area contributed by atoms with Crippen LogP contribution in [0.1, 0.15) is 69.2 Å². The predicted octanol–water partition coefficient (Wildman–Crippen LogP) is 8.12. The van der Waals surface area contributed by atoms with Crippen LogP contribution in [0.4, 0.5) is 22.0 Å². The number of esters is 1. The van der Waals surface area contributed by atoms with E-state index in [9.17, 15) is 26.7 Å². The molecule has 0 bridgehead atoms. The number of carbonyl (C=O) groups excluding carboxylic acids is 1. The van der Waals surface area contributed by atoms with Crippen LogP contribution in [0.2, 0.25) is 0 Å². The van der Waals surface area contributed by atoms with Crippen molar-refractivity contribution in [3.63, 3.8) is 0 Å². The van der Waals surface area contributed by atoms with Gasteiger partial charge in [0.1, 0.15) is 5.75 Å². The van der Waals surface area contributed by atoms with Gasteiger partial charge in [-0.05, 0) is 43.0 Å². The lowest BCUT2D eigenvalue weighted by Gasteiger charge is -2.20. The molecular weight excluding hydrogens is 455 g/mol. The zero-order chi connectivity index (χ0) is 25.1. The number of halogens is 5. The summed E-state index contributed by atoms with van der Waals surface area (Å²) in [6.07, 6.45) is -1.15. The molecule has 0 saturated heterocycles. The van der Waals surface area contributed by atoms with Gasteiger partial charge in [-0.1, -0.05) is 57.7 Å². The van der Waals surface area contributed by atoms with Crippen LogP contribution < -0.4 is 4.74 Å². The highest BCUT2D eigenvalue weighted by molar-refractivity contribution is 5.90. The van der Waals surface area contributed by atoms with E-state index in [1.54, 1.807) is 24.3 Å². The number of benzene rings is 2. The molecule has 0 aliphatic heterocycles. The Morgan fingerprint density at radius 1 is 0.853 bits per heavy atom. The summed E-state index contributed by atoms with van der Waals surface area (Å²) in [5, 5.41) is 0. The molecule has 0 spiro atoms. The molecule has 1 atom stereocenters. The Balaban J connectivity index is 2.01. The lowest BCUT2D eigenvalue weighted by Crippen LogP contribution is -2.25. The highest BCUT2D eigenvalue weighted by atomic mass is 19.4. The van der Waals surface area contributed by atoms with Crippen LogP contribution in [0.5, 0.6) is 5.75 Å². The summed E-state index contributed by atoms with van der Waals surface area (Å²) >= 11 is 0. The Hall–Kier alpha value is -2.64. The maximum absolute atomic E-state index is 14.7. The maximum Gasteiger partial charge on any atom is 0.391 e. The predicted molar refractivity (Wildman–Crippen MR) is 121 cm³/mol. The second kappa shape index (κ2) is 13.3. The summed E-state index contributed by atoms with van der Waals surface area (Å²) in [7, 11) is 0. The van der Waals surface area contributed by atoms with Crippen molar-refractivity contribution in [1.82, 2.24) is 0 Å². The van der Waals surface area contributed by atoms with Gasteiger partial charge in [0.25, 0.3) is 0 Å². The smallest absolute Gasteiger partial charge is 0.391 e. The Morgan fingerprint density at radius 2 is 1.56 bits per heavy atom. The molecule has 1 unspecified atom stereocenters. The molecule has 0 N–H and O–H groups in total. The van der Waals surface area contributed by atoms with Gasteiger partial charge < -0.3 is 9.47 Å². The van der Waals surface area contributed by atoms with Crippen LogP contribution in [0.25, 0.3) is 11.1 Å². The maximum atomic E-state index is 14.7. The Labute approximate surface area is 197 Å². The van der Waals surface area contributed by atoms with Crippen molar-refractivity contribution >= 4 is 5.97 Å². The summed E-state index contributed by atoms with van der Waals surface area (Å²) in [4.78, 5) is 12.2. The minimum Gasteiger partial charge on any atom is -0.494 e. The molecule has 34 heavy (non-hydrogen) atoms. The molecule has 2 aromatic carbocycles. The third-order valence-corrected chi connectivity index (χ3v) is 5.51. The van der Waals surface area contributed by atoms with E-state index in [0.717, 1.165) is 25.3 Å². The van der Waals surface area contributed by atoms with Crippen LogP contribution in [0.15, 0.2) is 36.4 Å². The summed E-state index contributed by atoms with van der Waals surface area (Å²) in [6, 6.07) is 8.71. The van der Waals surface area contributed by atoms with Crippen molar-refractivity contribution < 1.29 is 36.2 Å². The molecule has 0 heterocycles. The monoisotopic (exact) mass is 486 g/mol. The summed E-state index contributed by atoms with van der Waals surface area (Å²) in [5.74, 6) is -4.85. The average Bonchev–Trinajstić information content (AvgIpc) is 2.80. The van der Waals surface area contributed by atoms with E-state index in [2.05, 4.69) is 0 Å². The molecule has 8 heteroatoms. The molecule has 0 saturated carbocycles. The quantitative estimate of drug-likeness (QED) is 0.163. The first-order valence-corrected chi connectivity index (χ1v) is 11.6. The second-order valence-electron chi connectivity index (χ2n) is 8.17. The van der Waals surface area contributed by atoms with Gasteiger partial charge in [-0.3, -0.25) is 0 Å². The van der Waals surface area contributed by atoms with Gasteiger partial charge in [-0.2, -0.15) is 13.2 Å². The zero-order valence-corrected chi connectivity index (χ0v) is 19.5. The number of ether oxygens (including phenoxy) is 2. The average molecular weight is 487 g/mol. The fourth-order valence-electron chi connectivity index (χ4n) is 3.54. The summed E-state index contributed by atoms with van der Waals surface area (Å²) < 4.78 is 79.2. The first-order valence-electron chi connectivity index (χ1n) is 11.6. The van der Waals surface area contributed by atoms with Gasteiger partial charge >= 0.3 is 12.1 Å². The molecular formula is C26H31F5O3. The van der Waals surface area contributed by atoms with E-state index in [0.29, 0.717) is 30.8 Å². The van der Waals surface area contributed by atoms with Crippen molar-refractivity contribution in [1.29, 1.82) is 0 Å². The van der Waals surface area contributed by atoms with Crippen molar-refractivity contribution in [2.75, 3.05) is 13.2 Å². The first-order chi connectivity index (χ1) is 16.2. The lowest BCUT2D eigenvalue weighted by atomic mass is 9.97. The van der Waals surface area contributed by atoms with Gasteiger partial charge in [0, 0.05) is 5.56 Å². The highest BCUT2D eigenvalue weighted by Gasteiger charge is 2.38. The van der Waals surface area contributed by atoms with E-state index in [1.165, 1.54) is 6.07 Å². The van der Waals surface area contributed by atoms with E-state index < -0.39 is 48.3 Å². The van der Waals surface area contributed by atoms with Crippen LogP contribution in [0, 0.1) is 17.6 Å². The topological polar surface area (TPSA) is 35.5 Å². The molecule has 3 nitrogen and oxygen atoms in total. The normalized spacial score (nSPS) is 12.4. The highest BCUT2D eigenvalue weighted by Crippen LogP contribution is 2.33. The van der Waals surface area contributed by atoms with Gasteiger partial charge in [0.05, 0.1) is 24.7 Å². The van der Waals surface area contributed by atoms with Crippen molar-refractivity contribution in [3.05, 3.63) is 53.6 Å². The minimum atomic E-state index is -4.41. The van der Waals surface area contributed by atoms with Crippen molar-refractivity contribution in [2.24, 2.45) is 5.92 Å². The third-order valence-electron chi connectivity index (χ3n) is 5.51. The molecule has 0 amide bonds. The number of hydrogen-bond donors (Lipinski definition) is 0. The van der Waals surface area contributed by atoms with Crippen LogP contribution in [-0.2, 0) is 4.74 Å². The number of alkyl halides is 3. The second-order valence-corrected chi connectivity index (χ2v) is 8.17. The van der Waals surface area contributed by atoms with E-state index >= 15 is 0 Å². The summed E-state index contributed by atoms with van der Waals surface area (Å²) in [6.45, 7) is 3.93. The number of carbonyl (C=O) groups is 1. The van der Waals surface area contributed by atoms with E-state index in [4.69, 9.17) is 9.47 Å². The summed E-state index contributed by atoms with van der Waals surface area (Å²) in [5.41, 5.74) is -0.327. The minimum absolute atomic E-state index is 0.0546. The molecule has 0 aliphatic carbocycles. The van der Waals surface area contributed by atoms with Crippen LogP contribution in [-0.4, -0.2) is 25.4 Å². The number of hydrogen-bond acceptors (Lipinski definition) is 3. The van der Waals surface area contributed by atoms with Gasteiger partial charge in [0.2, 0.25) is 0 Å². The van der Waals surface area contributed by atoms with Gasteiger partial charge in [0.15, 0.2) is 11.6 Å². The molecule has 0 fully saturated rings. The molecule has 188 valence electrons. The largest absolute Gasteiger partial charge is 0.494 e. The fourth-order valence-corrected chi connectivity index (χ4v) is 3.54. The number of rotatable bonds is 13. The Kier molecular flexibility index (Phi) is 10.8. The van der Waals surface area contributed by atoms with E-state index in [1.807, 2.05) is 13.8 Å². The first kappa shape index (κ1) is 27.6. The van der Waals surface area contributed by atoms with Crippen molar-refractivity contribution in [2.45, 2.75) is 65.0 Å². The van der Waals surface area contributed by atoms with Crippen molar-refractivity contribution in [3.8, 4) is 16.9 Å².